The van der Waals surface area contributed by atoms with Crippen LogP contribution in [0.2, 0.25) is 0 Å². The van der Waals surface area contributed by atoms with Crippen molar-refractivity contribution in [3.05, 3.63) is 40.8 Å². The lowest BCUT2D eigenvalue weighted by molar-refractivity contribution is 0.160. The van der Waals surface area contributed by atoms with E-state index in [0.717, 1.165) is 34.4 Å². The van der Waals surface area contributed by atoms with Gasteiger partial charge in [0.25, 0.3) is 0 Å². The number of nitrogens with zero attached hydrogens (tertiary/aromatic N) is 1. The van der Waals surface area contributed by atoms with Gasteiger partial charge in [-0.15, -0.1) is 0 Å². The minimum absolute atomic E-state index is 0.278. The summed E-state index contributed by atoms with van der Waals surface area (Å²) in [6, 6.07) is 8.09. The Morgan fingerprint density at radius 1 is 1.45 bits per heavy atom. The highest BCUT2D eigenvalue weighted by atomic mass is 79.9. The van der Waals surface area contributed by atoms with Crippen molar-refractivity contribution in [2.24, 2.45) is 0 Å². The van der Waals surface area contributed by atoms with Crippen molar-refractivity contribution in [3.8, 4) is 11.3 Å². The molecule has 3 N–H and O–H groups in total. The first-order valence-corrected chi connectivity index (χ1v) is 7.67. The second-order valence-electron chi connectivity index (χ2n) is 4.83. The Hall–Kier alpha value is -1.17. The second-order valence-corrected chi connectivity index (χ2v) is 5.74. The summed E-state index contributed by atoms with van der Waals surface area (Å²) in [5, 5.41) is 12.9. The normalized spacial score (nSPS) is 12.6. The third-order valence-corrected chi connectivity index (χ3v) is 3.55. The molecule has 0 saturated heterocycles. The van der Waals surface area contributed by atoms with Gasteiger partial charge in [0.05, 0.1) is 24.5 Å². The lowest BCUT2D eigenvalue weighted by Gasteiger charge is -2.09. The van der Waals surface area contributed by atoms with Crippen molar-refractivity contribution < 1.29 is 5.11 Å². The summed E-state index contributed by atoms with van der Waals surface area (Å²) >= 11 is 3.46. The molecule has 0 aliphatic heterocycles. The summed E-state index contributed by atoms with van der Waals surface area (Å²) < 4.78 is 1.05. The van der Waals surface area contributed by atoms with Crippen LogP contribution in [0.15, 0.2) is 34.9 Å². The van der Waals surface area contributed by atoms with E-state index in [9.17, 15) is 5.11 Å². The number of aromatic amines is 1. The molecule has 2 rings (SSSR count). The standard InChI is InChI=1S/C15H20BrN3O/c1-2-4-13(20)8-17-10-15-18-9-14(19-15)11-5-3-6-12(16)7-11/h3,5-7,9,13,17,20H,2,4,8,10H2,1H3,(H,18,19). The van der Waals surface area contributed by atoms with Gasteiger partial charge in [0.2, 0.25) is 0 Å². The number of nitrogens with one attached hydrogen (secondary N) is 2. The molecular weight excluding hydrogens is 318 g/mol. The van der Waals surface area contributed by atoms with Gasteiger partial charge in [-0.05, 0) is 18.6 Å². The molecule has 1 atom stereocenters. The molecule has 0 radical (unpaired) electrons. The predicted octanol–water partition coefficient (Wildman–Crippen LogP) is 3.09. The molecule has 0 amide bonds. The number of aliphatic hydroxyl groups is 1. The number of hydrogen-bond donors (Lipinski definition) is 3. The van der Waals surface area contributed by atoms with Gasteiger partial charge in [-0.2, -0.15) is 0 Å². The van der Waals surface area contributed by atoms with Gasteiger partial charge in [-0.1, -0.05) is 41.4 Å². The second kappa shape index (κ2) is 7.57. The number of hydrogen-bond acceptors (Lipinski definition) is 3. The lowest BCUT2D eigenvalue weighted by atomic mass is 10.2. The van der Waals surface area contributed by atoms with Gasteiger partial charge >= 0.3 is 0 Å². The Bertz CT molecular complexity index is 541. The number of benzene rings is 1. The number of halogens is 1. The Kier molecular flexibility index (Phi) is 5.76. The molecule has 1 aromatic heterocycles. The Morgan fingerprint density at radius 2 is 2.30 bits per heavy atom. The molecule has 0 aliphatic rings. The van der Waals surface area contributed by atoms with Crippen LogP contribution < -0.4 is 5.32 Å². The van der Waals surface area contributed by atoms with Crippen LogP contribution in [0.25, 0.3) is 11.3 Å². The first-order valence-electron chi connectivity index (χ1n) is 6.87. The van der Waals surface area contributed by atoms with Crippen LogP contribution in [0.1, 0.15) is 25.6 Å². The molecule has 1 heterocycles. The molecule has 0 spiro atoms. The van der Waals surface area contributed by atoms with E-state index in [1.54, 1.807) is 0 Å². The first-order chi connectivity index (χ1) is 9.69. The van der Waals surface area contributed by atoms with Gasteiger partial charge < -0.3 is 15.4 Å². The van der Waals surface area contributed by atoms with Crippen LogP contribution in [-0.4, -0.2) is 27.7 Å². The maximum atomic E-state index is 9.64. The highest BCUT2D eigenvalue weighted by molar-refractivity contribution is 9.10. The molecule has 2 aromatic rings. The van der Waals surface area contributed by atoms with Crippen molar-refractivity contribution in [1.29, 1.82) is 0 Å². The third-order valence-electron chi connectivity index (χ3n) is 3.06. The zero-order chi connectivity index (χ0) is 14.4. The van der Waals surface area contributed by atoms with E-state index in [1.165, 1.54) is 0 Å². The maximum Gasteiger partial charge on any atom is 0.120 e. The highest BCUT2D eigenvalue weighted by Gasteiger charge is 2.05. The Labute approximate surface area is 127 Å². The van der Waals surface area contributed by atoms with E-state index in [1.807, 2.05) is 24.4 Å². The predicted molar refractivity (Wildman–Crippen MR) is 84.3 cm³/mol. The van der Waals surface area contributed by atoms with Crippen molar-refractivity contribution >= 4 is 15.9 Å². The van der Waals surface area contributed by atoms with E-state index >= 15 is 0 Å². The summed E-state index contributed by atoms with van der Waals surface area (Å²) in [5.41, 5.74) is 2.10. The molecule has 5 heteroatoms. The van der Waals surface area contributed by atoms with E-state index in [4.69, 9.17) is 0 Å². The number of aliphatic hydroxyl groups excluding tert-OH is 1. The first kappa shape index (κ1) is 15.2. The molecule has 0 aliphatic carbocycles. The van der Waals surface area contributed by atoms with Crippen LogP contribution in [0.3, 0.4) is 0 Å². The zero-order valence-corrected chi connectivity index (χ0v) is 13.2. The van der Waals surface area contributed by atoms with E-state index in [0.29, 0.717) is 13.1 Å². The summed E-state index contributed by atoms with van der Waals surface area (Å²) in [6.45, 7) is 3.30. The van der Waals surface area contributed by atoms with Gasteiger partial charge in [-0.25, -0.2) is 4.98 Å². The summed E-state index contributed by atoms with van der Waals surface area (Å²) in [5.74, 6) is 0.878. The smallest absolute Gasteiger partial charge is 0.120 e. The zero-order valence-electron chi connectivity index (χ0n) is 11.6. The molecule has 0 bridgehead atoms. The highest BCUT2D eigenvalue weighted by Crippen LogP contribution is 2.21. The van der Waals surface area contributed by atoms with E-state index in [2.05, 4.69) is 44.2 Å². The molecule has 108 valence electrons. The van der Waals surface area contributed by atoms with Gasteiger partial charge in [0, 0.05) is 16.6 Å². The number of rotatable bonds is 7. The fourth-order valence-electron chi connectivity index (χ4n) is 2.05. The molecule has 20 heavy (non-hydrogen) atoms. The van der Waals surface area contributed by atoms with E-state index in [-0.39, 0.29) is 6.10 Å². The number of imidazole rings is 1. The third kappa shape index (κ3) is 4.44. The maximum absolute atomic E-state index is 9.64. The summed E-state index contributed by atoms with van der Waals surface area (Å²) in [6.07, 6.45) is 3.38. The van der Waals surface area contributed by atoms with Gasteiger partial charge in [0.15, 0.2) is 0 Å². The minimum atomic E-state index is -0.278. The van der Waals surface area contributed by atoms with Crippen LogP contribution >= 0.6 is 15.9 Å². The van der Waals surface area contributed by atoms with Crippen molar-refractivity contribution in [1.82, 2.24) is 15.3 Å². The molecule has 0 saturated carbocycles. The molecular formula is C15H20BrN3O. The number of aromatic nitrogens is 2. The van der Waals surface area contributed by atoms with Gasteiger partial charge in [-0.3, -0.25) is 0 Å². The topological polar surface area (TPSA) is 60.9 Å². The Balaban J connectivity index is 1.89. The quantitative estimate of drug-likeness (QED) is 0.727. The monoisotopic (exact) mass is 337 g/mol. The van der Waals surface area contributed by atoms with Crippen LogP contribution in [0, 0.1) is 0 Å². The summed E-state index contributed by atoms with van der Waals surface area (Å²) in [7, 11) is 0. The minimum Gasteiger partial charge on any atom is -0.392 e. The largest absolute Gasteiger partial charge is 0.392 e. The Morgan fingerprint density at radius 3 is 3.05 bits per heavy atom. The summed E-state index contributed by atoms with van der Waals surface area (Å²) in [4.78, 5) is 7.64. The fourth-order valence-corrected chi connectivity index (χ4v) is 2.45. The average Bonchev–Trinajstić information content (AvgIpc) is 2.88. The van der Waals surface area contributed by atoms with Crippen LogP contribution in [0.5, 0.6) is 0 Å². The molecule has 4 nitrogen and oxygen atoms in total. The molecule has 1 aromatic carbocycles. The number of H-pyrrole nitrogens is 1. The fraction of sp³-hybridized carbons (Fsp3) is 0.400. The van der Waals surface area contributed by atoms with Crippen molar-refractivity contribution in [2.45, 2.75) is 32.4 Å². The van der Waals surface area contributed by atoms with Crippen molar-refractivity contribution in [3.63, 3.8) is 0 Å². The SMILES string of the molecule is CCCC(O)CNCc1ncc(-c2cccc(Br)c2)[nH]1. The average molecular weight is 338 g/mol. The van der Waals surface area contributed by atoms with Crippen LogP contribution in [0.4, 0.5) is 0 Å². The van der Waals surface area contributed by atoms with Gasteiger partial charge in [0.1, 0.15) is 5.82 Å². The van der Waals surface area contributed by atoms with Crippen molar-refractivity contribution in [2.75, 3.05) is 6.54 Å². The molecule has 0 fully saturated rings. The lowest BCUT2D eigenvalue weighted by Crippen LogP contribution is -2.26. The van der Waals surface area contributed by atoms with Crippen LogP contribution in [-0.2, 0) is 6.54 Å². The van der Waals surface area contributed by atoms with E-state index < -0.39 is 0 Å². The molecule has 1 unspecified atom stereocenters.